The van der Waals surface area contributed by atoms with Gasteiger partial charge in [-0.3, -0.25) is 0 Å². The molecule has 2 rings (SSSR count). The summed E-state index contributed by atoms with van der Waals surface area (Å²) in [6.07, 6.45) is 6.47. The Balaban J connectivity index is 2.04. The van der Waals surface area contributed by atoms with E-state index < -0.39 is 0 Å². The molecule has 5 nitrogen and oxygen atoms in total. The highest BCUT2D eigenvalue weighted by Gasteiger charge is 2.38. The van der Waals surface area contributed by atoms with Crippen LogP contribution in [0.15, 0.2) is 35.5 Å². The topological polar surface area (TPSA) is 76.0 Å². The summed E-state index contributed by atoms with van der Waals surface area (Å²) in [5.41, 5.74) is 2.59. The summed E-state index contributed by atoms with van der Waals surface area (Å²) in [6, 6.07) is 0. The zero-order valence-electron chi connectivity index (χ0n) is 15.2. The molecule has 1 fully saturated rings. The van der Waals surface area contributed by atoms with E-state index in [4.69, 9.17) is 9.47 Å². The van der Waals surface area contributed by atoms with Crippen LogP contribution in [0.4, 0.5) is 0 Å². The summed E-state index contributed by atoms with van der Waals surface area (Å²) in [5.74, 6) is -0.290. The highest BCUT2D eigenvalue weighted by molar-refractivity contribution is 5.90. The third kappa shape index (κ3) is 5.53. The van der Waals surface area contributed by atoms with E-state index in [1.807, 2.05) is 13.0 Å². The van der Waals surface area contributed by atoms with Gasteiger partial charge in [0.15, 0.2) is 0 Å². The van der Waals surface area contributed by atoms with Crippen LogP contribution in [0.25, 0.3) is 0 Å². The molecule has 1 aliphatic carbocycles. The van der Waals surface area contributed by atoms with E-state index in [2.05, 4.69) is 12.7 Å². The van der Waals surface area contributed by atoms with Crippen LogP contribution in [-0.2, 0) is 14.3 Å². The molecule has 2 unspecified atom stereocenters. The minimum absolute atomic E-state index is 0.0191. The number of carbonyl (C=O) groups excluding carboxylic acids is 1. The number of hydrogen-bond donors (Lipinski definition) is 2. The average molecular weight is 350 g/mol. The number of aliphatic hydroxyl groups excluding tert-OH is 2. The molecule has 0 bridgehead atoms. The molecule has 0 amide bonds. The second-order valence-corrected chi connectivity index (χ2v) is 7.17. The van der Waals surface area contributed by atoms with E-state index in [-0.39, 0.29) is 36.6 Å². The lowest BCUT2D eigenvalue weighted by molar-refractivity contribution is -0.139. The van der Waals surface area contributed by atoms with Crippen LogP contribution in [-0.4, -0.2) is 48.2 Å². The van der Waals surface area contributed by atoms with Gasteiger partial charge < -0.3 is 19.7 Å². The second kappa shape index (κ2) is 9.32. The molecule has 5 heteroatoms. The van der Waals surface area contributed by atoms with Crippen molar-refractivity contribution < 1.29 is 24.5 Å². The number of esters is 1. The van der Waals surface area contributed by atoms with Crippen molar-refractivity contribution in [3.05, 3.63) is 35.5 Å². The largest absolute Gasteiger partial charge is 0.458 e. The molecule has 1 heterocycles. The van der Waals surface area contributed by atoms with Gasteiger partial charge in [0, 0.05) is 23.8 Å². The van der Waals surface area contributed by atoms with Crippen LogP contribution in [0.1, 0.15) is 39.5 Å². The Bertz CT molecular complexity index is 546. The molecule has 0 spiro atoms. The van der Waals surface area contributed by atoms with E-state index >= 15 is 0 Å². The standard InChI is InChI=1S/C20H30O5/c1-13(15(3)22)11-24-12-16-5-4-6-17(10-21)9-19-18(8-7-16)14(2)20(23)25-19/h6-7,13,15,18-19,21-22H,2,4-5,8-12H2,1,3H3/b16-7-,17-6-/t13?,15?,18-,19+/m1/s1. The van der Waals surface area contributed by atoms with Crippen LogP contribution in [0, 0.1) is 11.8 Å². The summed E-state index contributed by atoms with van der Waals surface area (Å²) < 4.78 is 11.2. The van der Waals surface area contributed by atoms with Crippen molar-refractivity contribution in [1.29, 1.82) is 0 Å². The molecule has 4 atom stereocenters. The van der Waals surface area contributed by atoms with Gasteiger partial charge >= 0.3 is 5.97 Å². The highest BCUT2D eigenvalue weighted by Crippen LogP contribution is 2.34. The number of rotatable bonds is 6. The van der Waals surface area contributed by atoms with Crippen LogP contribution in [0.2, 0.25) is 0 Å². The van der Waals surface area contributed by atoms with Crippen molar-refractivity contribution in [3.8, 4) is 0 Å². The predicted octanol–water partition coefficient (Wildman–Crippen LogP) is 2.54. The molecule has 0 radical (unpaired) electrons. The van der Waals surface area contributed by atoms with E-state index in [1.54, 1.807) is 6.92 Å². The molecule has 25 heavy (non-hydrogen) atoms. The zero-order valence-corrected chi connectivity index (χ0v) is 15.2. The first-order valence-electron chi connectivity index (χ1n) is 9.04. The maximum absolute atomic E-state index is 11.9. The quantitative estimate of drug-likeness (QED) is 0.437. The van der Waals surface area contributed by atoms with E-state index in [9.17, 15) is 15.0 Å². The summed E-state index contributed by atoms with van der Waals surface area (Å²) in [7, 11) is 0. The Kier molecular flexibility index (Phi) is 7.41. The van der Waals surface area contributed by atoms with Gasteiger partial charge in [-0.25, -0.2) is 4.79 Å². The van der Waals surface area contributed by atoms with Gasteiger partial charge in [-0.1, -0.05) is 25.7 Å². The fraction of sp³-hybridized carbons (Fsp3) is 0.650. The minimum atomic E-state index is -0.390. The summed E-state index contributed by atoms with van der Waals surface area (Å²) >= 11 is 0. The molecule has 1 saturated heterocycles. The Labute approximate surface area is 150 Å². The van der Waals surface area contributed by atoms with E-state index in [1.165, 1.54) is 5.57 Å². The Hall–Kier alpha value is -1.43. The van der Waals surface area contributed by atoms with Crippen LogP contribution >= 0.6 is 0 Å². The molecule has 0 aromatic carbocycles. The van der Waals surface area contributed by atoms with Crippen molar-refractivity contribution in [1.82, 2.24) is 0 Å². The molecule has 2 aliphatic rings. The van der Waals surface area contributed by atoms with Gasteiger partial charge in [-0.05, 0) is 37.3 Å². The van der Waals surface area contributed by atoms with Crippen LogP contribution in [0.5, 0.6) is 0 Å². The number of allylic oxidation sites excluding steroid dienone is 2. The second-order valence-electron chi connectivity index (χ2n) is 7.17. The number of ether oxygens (including phenoxy) is 2. The van der Waals surface area contributed by atoms with E-state index in [0.717, 1.165) is 18.4 Å². The molecular weight excluding hydrogens is 320 g/mol. The maximum Gasteiger partial charge on any atom is 0.334 e. The molecule has 1 aliphatic heterocycles. The van der Waals surface area contributed by atoms with Crippen LogP contribution in [0.3, 0.4) is 0 Å². The van der Waals surface area contributed by atoms with E-state index in [0.29, 0.717) is 31.6 Å². The third-order valence-corrected chi connectivity index (χ3v) is 5.13. The van der Waals surface area contributed by atoms with Gasteiger partial charge in [0.1, 0.15) is 6.10 Å². The maximum atomic E-state index is 11.9. The summed E-state index contributed by atoms with van der Waals surface area (Å²) in [6.45, 7) is 8.60. The van der Waals surface area contributed by atoms with Crippen molar-refractivity contribution >= 4 is 5.97 Å². The first kappa shape index (κ1) is 19.9. The lowest BCUT2D eigenvalue weighted by Gasteiger charge is -2.20. The third-order valence-electron chi connectivity index (χ3n) is 5.13. The van der Waals surface area contributed by atoms with Crippen molar-refractivity contribution in [2.75, 3.05) is 19.8 Å². The SMILES string of the molecule is C=C1C(=O)O[C@H]2C/C(CO)=C/CC/C(COCC(C)C(C)O)=C/C[C@H]12. The minimum Gasteiger partial charge on any atom is -0.458 e. The van der Waals surface area contributed by atoms with Gasteiger partial charge in [-0.15, -0.1) is 0 Å². The summed E-state index contributed by atoms with van der Waals surface area (Å²) in [4.78, 5) is 11.9. The first-order chi connectivity index (χ1) is 11.9. The van der Waals surface area contributed by atoms with Crippen molar-refractivity contribution in [2.45, 2.75) is 51.7 Å². The Morgan fingerprint density at radius 1 is 1.36 bits per heavy atom. The smallest absolute Gasteiger partial charge is 0.334 e. The average Bonchev–Trinajstić information content (AvgIpc) is 2.85. The predicted molar refractivity (Wildman–Crippen MR) is 95.9 cm³/mol. The Morgan fingerprint density at radius 3 is 2.80 bits per heavy atom. The number of fused-ring (bicyclic) bond motifs is 1. The van der Waals surface area contributed by atoms with Gasteiger partial charge in [-0.2, -0.15) is 0 Å². The summed E-state index contributed by atoms with van der Waals surface area (Å²) in [5, 5.41) is 19.1. The zero-order chi connectivity index (χ0) is 18.4. The first-order valence-corrected chi connectivity index (χ1v) is 9.04. The van der Waals surface area contributed by atoms with Crippen molar-refractivity contribution in [3.63, 3.8) is 0 Å². The monoisotopic (exact) mass is 350 g/mol. The fourth-order valence-corrected chi connectivity index (χ4v) is 3.12. The lowest BCUT2D eigenvalue weighted by atomic mass is 9.87. The van der Waals surface area contributed by atoms with Crippen LogP contribution < -0.4 is 0 Å². The molecule has 0 saturated carbocycles. The van der Waals surface area contributed by atoms with Gasteiger partial charge in [0.05, 0.1) is 25.9 Å². The molecular formula is C20H30O5. The molecule has 0 aromatic heterocycles. The molecule has 0 aromatic rings. The number of aliphatic hydroxyl groups is 2. The van der Waals surface area contributed by atoms with Crippen molar-refractivity contribution in [2.24, 2.45) is 11.8 Å². The highest BCUT2D eigenvalue weighted by atomic mass is 16.6. The molecule has 2 N–H and O–H groups in total. The van der Waals surface area contributed by atoms with Gasteiger partial charge in [0.25, 0.3) is 0 Å². The Morgan fingerprint density at radius 2 is 2.12 bits per heavy atom. The normalized spacial score (nSPS) is 31.2. The fourth-order valence-electron chi connectivity index (χ4n) is 3.12. The molecule has 140 valence electrons. The number of carbonyl (C=O) groups is 1. The van der Waals surface area contributed by atoms with Gasteiger partial charge in [0.2, 0.25) is 0 Å². The number of hydrogen-bond acceptors (Lipinski definition) is 5. The lowest BCUT2D eigenvalue weighted by Crippen LogP contribution is -2.20.